The molecule has 0 aliphatic carbocycles. The van der Waals surface area contributed by atoms with Crippen LogP contribution in [0.1, 0.15) is 0 Å². The molecule has 0 spiro atoms. The van der Waals surface area contributed by atoms with Crippen molar-refractivity contribution in [2.45, 2.75) is 0 Å². The van der Waals surface area contributed by atoms with E-state index in [0.29, 0.717) is 17.1 Å². The van der Waals surface area contributed by atoms with E-state index in [9.17, 15) is 8.78 Å². The van der Waals surface area contributed by atoms with E-state index in [1.54, 1.807) is 6.07 Å². The summed E-state index contributed by atoms with van der Waals surface area (Å²) in [5.74, 6) is -0.609. The predicted octanol–water partition coefficient (Wildman–Crippen LogP) is 3.30. The lowest BCUT2D eigenvalue weighted by molar-refractivity contribution is 0.413. The summed E-state index contributed by atoms with van der Waals surface area (Å²) in [4.78, 5) is 0. The number of hydrogen-bond acceptors (Lipinski definition) is 3. The molecule has 0 radical (unpaired) electrons. The zero-order chi connectivity index (χ0) is 13.1. The van der Waals surface area contributed by atoms with E-state index in [4.69, 9.17) is 10.5 Å². The van der Waals surface area contributed by atoms with Crippen molar-refractivity contribution in [3.05, 3.63) is 48.0 Å². The Morgan fingerprint density at radius 2 is 1.78 bits per heavy atom. The van der Waals surface area contributed by atoms with E-state index < -0.39 is 11.6 Å². The lowest BCUT2D eigenvalue weighted by Gasteiger charge is -2.12. The molecule has 0 aliphatic heterocycles. The topological polar surface area (TPSA) is 47.3 Å². The third-order valence-electron chi connectivity index (χ3n) is 2.43. The molecule has 0 amide bonds. The summed E-state index contributed by atoms with van der Waals surface area (Å²) in [5, 5.41) is 2.82. The number of ether oxygens (including phenoxy) is 1. The van der Waals surface area contributed by atoms with E-state index >= 15 is 0 Å². The fraction of sp³-hybridized carbons (Fsp3) is 0.0769. The highest BCUT2D eigenvalue weighted by Crippen LogP contribution is 2.29. The Bertz CT molecular complexity index is 573. The van der Waals surface area contributed by atoms with Crippen LogP contribution in [0.3, 0.4) is 0 Å². The van der Waals surface area contributed by atoms with Crippen LogP contribution in [0.5, 0.6) is 5.75 Å². The van der Waals surface area contributed by atoms with Crippen LogP contribution in [-0.4, -0.2) is 7.11 Å². The summed E-state index contributed by atoms with van der Waals surface area (Å²) in [5.41, 5.74) is 6.51. The van der Waals surface area contributed by atoms with Gasteiger partial charge in [0.15, 0.2) is 0 Å². The smallest absolute Gasteiger partial charge is 0.148 e. The van der Waals surface area contributed by atoms with Crippen LogP contribution in [0.25, 0.3) is 0 Å². The van der Waals surface area contributed by atoms with E-state index in [1.807, 2.05) is 0 Å². The SMILES string of the molecule is COc1cc(F)ccc1Nc1ccc(N)cc1F. The fourth-order valence-corrected chi connectivity index (χ4v) is 1.55. The maximum Gasteiger partial charge on any atom is 0.148 e. The molecule has 2 aromatic rings. The van der Waals surface area contributed by atoms with Crippen molar-refractivity contribution >= 4 is 17.1 Å². The van der Waals surface area contributed by atoms with Gasteiger partial charge in [0.2, 0.25) is 0 Å². The number of benzene rings is 2. The Morgan fingerprint density at radius 1 is 1.06 bits per heavy atom. The quantitative estimate of drug-likeness (QED) is 0.822. The summed E-state index contributed by atoms with van der Waals surface area (Å²) >= 11 is 0. The van der Waals surface area contributed by atoms with Gasteiger partial charge in [0.1, 0.15) is 17.4 Å². The first-order valence-corrected chi connectivity index (χ1v) is 5.26. The van der Waals surface area contributed by atoms with Gasteiger partial charge in [-0.25, -0.2) is 8.78 Å². The van der Waals surface area contributed by atoms with Crippen molar-refractivity contribution in [1.29, 1.82) is 0 Å². The van der Waals surface area contributed by atoms with Crippen LogP contribution in [0.4, 0.5) is 25.8 Å². The van der Waals surface area contributed by atoms with Gasteiger partial charge in [-0.2, -0.15) is 0 Å². The molecule has 0 fully saturated rings. The maximum atomic E-state index is 13.6. The molecule has 0 bridgehead atoms. The normalized spacial score (nSPS) is 10.2. The molecular weight excluding hydrogens is 238 g/mol. The predicted molar refractivity (Wildman–Crippen MR) is 67.0 cm³/mol. The van der Waals surface area contributed by atoms with E-state index in [1.165, 1.54) is 37.4 Å². The van der Waals surface area contributed by atoms with E-state index in [-0.39, 0.29) is 5.69 Å². The first-order chi connectivity index (χ1) is 8.60. The molecule has 0 saturated heterocycles. The molecule has 3 N–H and O–H groups in total. The number of methoxy groups -OCH3 is 1. The summed E-state index contributed by atoms with van der Waals surface area (Å²) < 4.78 is 31.6. The van der Waals surface area contributed by atoms with Gasteiger partial charge in [-0.15, -0.1) is 0 Å². The fourth-order valence-electron chi connectivity index (χ4n) is 1.55. The summed E-state index contributed by atoms with van der Waals surface area (Å²) in [6, 6.07) is 8.24. The monoisotopic (exact) mass is 250 g/mol. The standard InChI is InChI=1S/C13H12F2N2O/c1-18-13-6-8(14)2-4-12(13)17-11-5-3-9(16)7-10(11)15/h2-7,17H,16H2,1H3. The summed E-state index contributed by atoms with van der Waals surface area (Å²) in [6.45, 7) is 0. The number of anilines is 3. The van der Waals surface area contributed by atoms with Gasteiger partial charge >= 0.3 is 0 Å². The van der Waals surface area contributed by atoms with Crippen LogP contribution in [0.2, 0.25) is 0 Å². The van der Waals surface area contributed by atoms with Crippen LogP contribution in [0.15, 0.2) is 36.4 Å². The maximum absolute atomic E-state index is 13.6. The van der Waals surface area contributed by atoms with Gasteiger partial charge in [0.25, 0.3) is 0 Å². The second kappa shape index (κ2) is 4.91. The Balaban J connectivity index is 2.33. The second-order valence-electron chi connectivity index (χ2n) is 3.71. The highest BCUT2D eigenvalue weighted by Gasteiger charge is 2.08. The largest absolute Gasteiger partial charge is 0.494 e. The van der Waals surface area contributed by atoms with Crippen LogP contribution >= 0.6 is 0 Å². The lowest BCUT2D eigenvalue weighted by atomic mass is 10.2. The number of halogens is 2. The minimum absolute atomic E-state index is 0.245. The molecule has 0 saturated carbocycles. The van der Waals surface area contributed by atoms with Crippen LogP contribution in [0, 0.1) is 11.6 Å². The Labute approximate surface area is 103 Å². The Morgan fingerprint density at radius 3 is 2.44 bits per heavy atom. The molecule has 0 heterocycles. The van der Waals surface area contributed by atoms with Crippen molar-refractivity contribution in [2.24, 2.45) is 0 Å². The number of nitrogens with two attached hydrogens (primary N) is 1. The van der Waals surface area contributed by atoms with Crippen LogP contribution < -0.4 is 15.8 Å². The Kier molecular flexibility index (Phi) is 3.32. The van der Waals surface area contributed by atoms with Gasteiger partial charge < -0.3 is 15.8 Å². The molecular formula is C13H12F2N2O. The zero-order valence-electron chi connectivity index (χ0n) is 9.71. The molecule has 0 atom stereocenters. The molecule has 2 aromatic carbocycles. The molecule has 3 nitrogen and oxygen atoms in total. The number of rotatable bonds is 3. The lowest BCUT2D eigenvalue weighted by Crippen LogP contribution is -1.98. The van der Waals surface area contributed by atoms with Crippen molar-refractivity contribution in [1.82, 2.24) is 0 Å². The average Bonchev–Trinajstić information content (AvgIpc) is 2.34. The molecule has 2 rings (SSSR count). The van der Waals surface area contributed by atoms with Crippen molar-refractivity contribution in [3.8, 4) is 5.75 Å². The molecule has 0 unspecified atom stereocenters. The zero-order valence-corrected chi connectivity index (χ0v) is 9.71. The highest BCUT2D eigenvalue weighted by molar-refractivity contribution is 5.67. The van der Waals surface area contributed by atoms with Gasteiger partial charge in [0, 0.05) is 11.8 Å². The summed E-state index contributed by atoms with van der Waals surface area (Å²) in [6.07, 6.45) is 0. The highest BCUT2D eigenvalue weighted by atomic mass is 19.1. The second-order valence-corrected chi connectivity index (χ2v) is 3.71. The first kappa shape index (κ1) is 12.2. The minimum atomic E-state index is -0.485. The molecule has 94 valence electrons. The molecule has 18 heavy (non-hydrogen) atoms. The van der Waals surface area contributed by atoms with Crippen molar-refractivity contribution in [3.63, 3.8) is 0 Å². The van der Waals surface area contributed by atoms with Gasteiger partial charge in [0.05, 0.1) is 18.5 Å². The average molecular weight is 250 g/mol. The third-order valence-corrected chi connectivity index (χ3v) is 2.43. The number of nitrogen functional groups attached to an aromatic ring is 1. The first-order valence-electron chi connectivity index (χ1n) is 5.26. The Hall–Kier alpha value is -2.30. The third kappa shape index (κ3) is 2.51. The van der Waals surface area contributed by atoms with Gasteiger partial charge in [-0.05, 0) is 30.3 Å². The van der Waals surface area contributed by atoms with Crippen LogP contribution in [-0.2, 0) is 0 Å². The number of hydrogen-bond donors (Lipinski definition) is 2. The van der Waals surface area contributed by atoms with Gasteiger partial charge in [-0.3, -0.25) is 0 Å². The molecule has 5 heteroatoms. The van der Waals surface area contributed by atoms with Gasteiger partial charge in [-0.1, -0.05) is 0 Å². The van der Waals surface area contributed by atoms with Crippen molar-refractivity contribution in [2.75, 3.05) is 18.2 Å². The molecule has 0 aromatic heterocycles. The molecule has 0 aliphatic rings. The van der Waals surface area contributed by atoms with E-state index in [2.05, 4.69) is 5.32 Å². The summed E-state index contributed by atoms with van der Waals surface area (Å²) in [7, 11) is 1.42. The van der Waals surface area contributed by atoms with Crippen molar-refractivity contribution < 1.29 is 13.5 Å². The van der Waals surface area contributed by atoms with E-state index in [0.717, 1.165) is 0 Å². The number of nitrogens with one attached hydrogen (secondary N) is 1. The minimum Gasteiger partial charge on any atom is -0.494 e.